The van der Waals surface area contributed by atoms with Gasteiger partial charge in [0.05, 0.1) is 12.0 Å². The zero-order chi connectivity index (χ0) is 30.0. The van der Waals surface area contributed by atoms with Crippen LogP contribution in [0.4, 0.5) is 0 Å². The quantitative estimate of drug-likeness (QED) is 0.159. The summed E-state index contributed by atoms with van der Waals surface area (Å²) >= 11 is 0. The fourth-order valence-corrected chi connectivity index (χ4v) is 5.70. The molecule has 0 unspecified atom stereocenters. The molecule has 4 aromatic rings. The van der Waals surface area contributed by atoms with Crippen LogP contribution in [0.2, 0.25) is 0 Å². The molecule has 2 aliphatic rings. The van der Waals surface area contributed by atoms with Gasteiger partial charge >= 0.3 is 0 Å². The summed E-state index contributed by atoms with van der Waals surface area (Å²) in [4.78, 5) is 0. The highest BCUT2D eigenvalue weighted by Crippen LogP contribution is 2.56. The number of benzene rings is 4. The number of hydrogen-bond donors (Lipinski definition) is 10. The number of aromatic hydroxyl groups is 8. The summed E-state index contributed by atoms with van der Waals surface area (Å²) in [6.45, 7) is 0. The Balaban J connectivity index is 1.47. The van der Waals surface area contributed by atoms with Gasteiger partial charge in [-0.25, -0.2) is 0 Å². The first-order valence-electron chi connectivity index (χ1n) is 12.8. The number of aliphatic hydroxyl groups excluding tert-OH is 2. The Kier molecular flexibility index (Phi) is 6.24. The van der Waals surface area contributed by atoms with Crippen molar-refractivity contribution in [3.05, 3.63) is 82.4 Å². The number of hydrogen-bond acceptors (Lipinski definition) is 12. The third kappa shape index (κ3) is 4.24. The highest BCUT2D eigenvalue weighted by Gasteiger charge is 2.45. The maximum absolute atomic E-state index is 11.6. The molecule has 6 rings (SSSR count). The van der Waals surface area contributed by atoms with Crippen LogP contribution in [-0.4, -0.2) is 63.3 Å². The fraction of sp³-hybridized carbons (Fsp3) is 0.200. The van der Waals surface area contributed by atoms with Gasteiger partial charge in [-0.1, -0.05) is 12.1 Å². The molecule has 0 spiro atoms. The van der Waals surface area contributed by atoms with Crippen LogP contribution >= 0.6 is 0 Å². The van der Waals surface area contributed by atoms with E-state index in [1.54, 1.807) is 0 Å². The minimum atomic E-state index is -1.60. The first-order valence-corrected chi connectivity index (χ1v) is 12.8. The van der Waals surface area contributed by atoms with Crippen LogP contribution in [-0.2, 0) is 6.42 Å². The van der Waals surface area contributed by atoms with E-state index in [-0.39, 0.29) is 51.7 Å². The van der Waals surface area contributed by atoms with Crippen LogP contribution in [0.15, 0.2) is 54.6 Å². The lowest BCUT2D eigenvalue weighted by Gasteiger charge is -2.39. The number of phenolic OH excluding ortho intramolecular Hbond substituents is 8. The van der Waals surface area contributed by atoms with Gasteiger partial charge in [-0.05, 0) is 35.4 Å². The highest BCUT2D eigenvalue weighted by atomic mass is 16.5. The fourth-order valence-electron chi connectivity index (χ4n) is 5.70. The molecule has 12 heteroatoms. The van der Waals surface area contributed by atoms with Gasteiger partial charge in [0, 0.05) is 41.3 Å². The van der Waals surface area contributed by atoms with Crippen LogP contribution in [0.25, 0.3) is 0 Å². The second-order valence-corrected chi connectivity index (χ2v) is 10.3. The van der Waals surface area contributed by atoms with Gasteiger partial charge < -0.3 is 60.5 Å². The summed E-state index contributed by atoms with van der Waals surface area (Å²) in [6, 6.07) is 11.0. The summed E-state index contributed by atoms with van der Waals surface area (Å²) in [7, 11) is 0. The monoisotopic (exact) mass is 578 g/mol. The van der Waals surface area contributed by atoms with E-state index in [0.717, 1.165) is 12.1 Å². The third-order valence-electron chi connectivity index (χ3n) is 7.69. The molecular formula is C30H26O12. The largest absolute Gasteiger partial charge is 0.508 e. The molecule has 42 heavy (non-hydrogen) atoms. The highest BCUT2D eigenvalue weighted by molar-refractivity contribution is 5.65. The van der Waals surface area contributed by atoms with E-state index in [2.05, 4.69) is 0 Å². The van der Waals surface area contributed by atoms with Crippen LogP contribution in [0.3, 0.4) is 0 Å². The maximum atomic E-state index is 11.6. The Morgan fingerprint density at radius 2 is 1.12 bits per heavy atom. The van der Waals surface area contributed by atoms with Gasteiger partial charge in [0.2, 0.25) is 0 Å². The lowest BCUT2D eigenvalue weighted by molar-refractivity contribution is 0.00573. The summed E-state index contributed by atoms with van der Waals surface area (Å²) in [5, 5.41) is 105. The predicted octanol–water partition coefficient (Wildman–Crippen LogP) is 3.00. The van der Waals surface area contributed by atoms with E-state index < -0.39 is 64.8 Å². The Labute approximate surface area is 237 Å². The van der Waals surface area contributed by atoms with Gasteiger partial charge in [0.1, 0.15) is 46.7 Å². The molecule has 2 aliphatic heterocycles. The molecule has 218 valence electrons. The van der Waals surface area contributed by atoms with Crippen molar-refractivity contribution >= 4 is 0 Å². The number of ether oxygens (including phenoxy) is 2. The SMILES string of the molecule is Oc1cc(O)c2c(c1)O[C@H](c1ccc(O)c(O)c1)[C@@H](O)[C@@H]2c1c(O)cc2c(c1O)C[C@@H](O)[C@H](c1ccc(O)c(O)c1)O2. The number of phenols is 8. The zero-order valence-electron chi connectivity index (χ0n) is 21.6. The minimum absolute atomic E-state index is 0.00771. The molecule has 0 amide bonds. The molecule has 0 saturated carbocycles. The molecule has 10 N–H and O–H groups in total. The molecule has 4 aromatic carbocycles. The van der Waals surface area contributed by atoms with Crippen molar-refractivity contribution in [2.24, 2.45) is 0 Å². The molecule has 2 heterocycles. The molecule has 0 saturated heterocycles. The van der Waals surface area contributed by atoms with Gasteiger partial charge in [0.25, 0.3) is 0 Å². The van der Waals surface area contributed by atoms with Crippen molar-refractivity contribution in [3.63, 3.8) is 0 Å². The summed E-state index contributed by atoms with van der Waals surface area (Å²) in [6.07, 6.45) is -5.31. The maximum Gasteiger partial charge on any atom is 0.157 e. The van der Waals surface area contributed by atoms with E-state index in [0.29, 0.717) is 5.56 Å². The first kappa shape index (κ1) is 27.0. The van der Waals surface area contributed by atoms with Crippen LogP contribution in [0.5, 0.6) is 57.5 Å². The van der Waals surface area contributed by atoms with Crippen molar-refractivity contribution in [1.82, 2.24) is 0 Å². The Morgan fingerprint density at radius 1 is 0.548 bits per heavy atom. The van der Waals surface area contributed by atoms with Crippen molar-refractivity contribution in [3.8, 4) is 57.5 Å². The standard InChI is InChI=1S/C30H26O12/c31-13-7-19(36)24-23(8-13)42-30(12-2-4-16(33)18(35)6-12)28(40)26(24)25-20(37)10-22-14(27(25)39)9-21(38)29(41-22)11-1-3-15(32)17(34)5-11/h1-8,10,21,26,28-40H,9H2/t21-,26+,28+,29+,30-/m1/s1. The van der Waals surface area contributed by atoms with E-state index in [1.165, 1.54) is 42.5 Å². The molecule has 0 aliphatic carbocycles. The van der Waals surface area contributed by atoms with Gasteiger partial charge in [0.15, 0.2) is 29.1 Å². The smallest absolute Gasteiger partial charge is 0.157 e. The van der Waals surface area contributed by atoms with Crippen LogP contribution in [0, 0.1) is 0 Å². The van der Waals surface area contributed by atoms with Crippen LogP contribution < -0.4 is 9.47 Å². The lowest BCUT2D eigenvalue weighted by atomic mass is 9.77. The first-order chi connectivity index (χ1) is 19.9. The van der Waals surface area contributed by atoms with Gasteiger partial charge in [-0.15, -0.1) is 0 Å². The normalized spacial score (nSPS) is 22.9. The van der Waals surface area contributed by atoms with Crippen molar-refractivity contribution in [2.75, 3.05) is 0 Å². The molecule has 0 radical (unpaired) electrons. The summed E-state index contributed by atoms with van der Waals surface area (Å²) in [5.41, 5.74) is 0.333. The van der Waals surface area contributed by atoms with Crippen molar-refractivity contribution < 1.29 is 60.5 Å². The molecular weight excluding hydrogens is 552 g/mol. The van der Waals surface area contributed by atoms with Gasteiger partial charge in [-0.3, -0.25) is 0 Å². The number of aliphatic hydroxyl groups is 2. The summed E-state index contributed by atoms with van der Waals surface area (Å²) in [5.74, 6) is -5.07. The van der Waals surface area contributed by atoms with E-state index in [4.69, 9.17) is 9.47 Å². The lowest BCUT2D eigenvalue weighted by Crippen LogP contribution is -2.35. The average Bonchev–Trinajstić information content (AvgIpc) is 2.93. The topological polar surface area (TPSA) is 221 Å². The number of rotatable bonds is 3. The predicted molar refractivity (Wildman–Crippen MR) is 143 cm³/mol. The van der Waals surface area contributed by atoms with Crippen molar-refractivity contribution in [1.29, 1.82) is 0 Å². The third-order valence-corrected chi connectivity index (χ3v) is 7.69. The summed E-state index contributed by atoms with van der Waals surface area (Å²) < 4.78 is 11.8. The number of fused-ring (bicyclic) bond motifs is 2. The van der Waals surface area contributed by atoms with E-state index in [1.807, 2.05) is 0 Å². The average molecular weight is 579 g/mol. The molecule has 0 fully saturated rings. The Morgan fingerprint density at radius 3 is 1.74 bits per heavy atom. The van der Waals surface area contributed by atoms with Gasteiger partial charge in [-0.2, -0.15) is 0 Å². The molecule has 12 nitrogen and oxygen atoms in total. The Bertz CT molecular complexity index is 1720. The van der Waals surface area contributed by atoms with E-state index in [9.17, 15) is 51.1 Å². The van der Waals surface area contributed by atoms with E-state index >= 15 is 0 Å². The minimum Gasteiger partial charge on any atom is -0.508 e. The second kappa shape index (κ2) is 9.72. The molecule has 0 bridgehead atoms. The van der Waals surface area contributed by atoms with Crippen molar-refractivity contribution in [2.45, 2.75) is 36.8 Å². The van der Waals surface area contributed by atoms with Crippen LogP contribution in [0.1, 0.15) is 45.9 Å². The molecule has 0 aromatic heterocycles. The second-order valence-electron chi connectivity index (χ2n) is 10.3. The Hall–Kier alpha value is -5.20. The molecule has 5 atom stereocenters. The zero-order valence-corrected chi connectivity index (χ0v) is 21.6.